The van der Waals surface area contributed by atoms with Crippen molar-refractivity contribution in [3.63, 3.8) is 0 Å². The second-order valence-corrected chi connectivity index (χ2v) is 4.93. The number of rotatable bonds is 3. The third-order valence-electron chi connectivity index (χ3n) is 3.28. The Balaban J connectivity index is 1.79. The Bertz CT molecular complexity index is 795. The molecule has 2 heterocycles. The highest BCUT2D eigenvalue weighted by molar-refractivity contribution is 5.97. The first kappa shape index (κ1) is 13.2. The summed E-state index contributed by atoms with van der Waals surface area (Å²) in [6.45, 7) is 3.84. The van der Waals surface area contributed by atoms with E-state index in [2.05, 4.69) is 25.7 Å². The molecule has 0 aliphatic carbocycles. The van der Waals surface area contributed by atoms with Gasteiger partial charge in [0.2, 0.25) is 0 Å². The van der Waals surface area contributed by atoms with E-state index < -0.39 is 0 Å². The number of benzene rings is 1. The molecular formula is C15H15N5O. The van der Waals surface area contributed by atoms with Gasteiger partial charge in [0.15, 0.2) is 0 Å². The molecule has 1 unspecified atom stereocenters. The Morgan fingerprint density at radius 1 is 1.19 bits per heavy atom. The number of aromatic nitrogens is 4. The van der Waals surface area contributed by atoms with Gasteiger partial charge >= 0.3 is 0 Å². The average Bonchev–Trinajstić information content (AvgIpc) is 2.94. The van der Waals surface area contributed by atoms with E-state index in [0.717, 1.165) is 16.9 Å². The molecule has 1 aromatic carbocycles. The zero-order valence-corrected chi connectivity index (χ0v) is 11.8. The van der Waals surface area contributed by atoms with E-state index in [1.54, 1.807) is 18.2 Å². The standard InChI is InChI=1S/C15H15N5O/c1-9-4-3-5-12(16-9)10(2)17-15(21)11-6-7-13-14(8-11)19-20-18-13/h3-8,10H,1-2H3,(H,17,21)(H,18,19,20). The number of nitrogens with one attached hydrogen (secondary N) is 2. The molecule has 2 aromatic heterocycles. The van der Waals surface area contributed by atoms with Crippen molar-refractivity contribution in [1.29, 1.82) is 0 Å². The summed E-state index contributed by atoms with van der Waals surface area (Å²) in [5, 5.41) is 13.4. The van der Waals surface area contributed by atoms with Crippen molar-refractivity contribution in [2.24, 2.45) is 0 Å². The number of carbonyl (C=O) groups excluding carboxylic acids is 1. The number of hydrogen-bond donors (Lipinski definition) is 2. The molecule has 0 fully saturated rings. The molecule has 106 valence electrons. The second kappa shape index (κ2) is 5.32. The fourth-order valence-electron chi connectivity index (χ4n) is 2.14. The van der Waals surface area contributed by atoms with Gasteiger partial charge in [0, 0.05) is 11.3 Å². The van der Waals surface area contributed by atoms with Crippen LogP contribution in [0, 0.1) is 6.92 Å². The number of carbonyl (C=O) groups is 1. The van der Waals surface area contributed by atoms with E-state index >= 15 is 0 Å². The maximum absolute atomic E-state index is 12.3. The monoisotopic (exact) mass is 281 g/mol. The molecule has 6 heteroatoms. The Morgan fingerprint density at radius 3 is 2.81 bits per heavy atom. The van der Waals surface area contributed by atoms with Crippen LogP contribution in [0.5, 0.6) is 0 Å². The quantitative estimate of drug-likeness (QED) is 0.770. The van der Waals surface area contributed by atoms with Crippen LogP contribution in [0.1, 0.15) is 34.7 Å². The van der Waals surface area contributed by atoms with Crippen molar-refractivity contribution < 1.29 is 4.79 Å². The number of aryl methyl sites for hydroxylation is 1. The lowest BCUT2D eigenvalue weighted by Crippen LogP contribution is -2.27. The van der Waals surface area contributed by atoms with Crippen molar-refractivity contribution in [3.05, 3.63) is 53.3 Å². The van der Waals surface area contributed by atoms with Crippen molar-refractivity contribution in [3.8, 4) is 0 Å². The minimum Gasteiger partial charge on any atom is -0.344 e. The normalized spacial score (nSPS) is 12.3. The van der Waals surface area contributed by atoms with E-state index in [1.165, 1.54) is 0 Å². The van der Waals surface area contributed by atoms with Crippen LogP contribution < -0.4 is 5.32 Å². The molecule has 0 spiro atoms. The topological polar surface area (TPSA) is 83.6 Å². The smallest absolute Gasteiger partial charge is 0.251 e. The maximum Gasteiger partial charge on any atom is 0.251 e. The molecule has 0 radical (unpaired) electrons. The fourth-order valence-corrected chi connectivity index (χ4v) is 2.14. The zero-order chi connectivity index (χ0) is 14.8. The summed E-state index contributed by atoms with van der Waals surface area (Å²) in [5.74, 6) is -0.157. The minimum absolute atomic E-state index is 0.157. The predicted molar refractivity (Wildman–Crippen MR) is 78.7 cm³/mol. The van der Waals surface area contributed by atoms with E-state index in [4.69, 9.17) is 0 Å². The first-order valence-corrected chi connectivity index (χ1v) is 6.68. The summed E-state index contributed by atoms with van der Waals surface area (Å²) in [5.41, 5.74) is 3.73. The number of H-pyrrole nitrogens is 1. The fraction of sp³-hybridized carbons (Fsp3) is 0.200. The Hall–Kier alpha value is -2.76. The SMILES string of the molecule is Cc1cccc(C(C)NC(=O)c2ccc3n[nH]nc3c2)n1. The van der Waals surface area contributed by atoms with Gasteiger partial charge in [-0.2, -0.15) is 15.4 Å². The molecule has 0 aliphatic rings. The molecule has 0 saturated carbocycles. The van der Waals surface area contributed by atoms with Crippen LogP contribution in [0.15, 0.2) is 36.4 Å². The molecular weight excluding hydrogens is 266 g/mol. The van der Waals surface area contributed by atoms with Gasteiger partial charge in [-0.3, -0.25) is 9.78 Å². The van der Waals surface area contributed by atoms with E-state index in [9.17, 15) is 4.79 Å². The van der Waals surface area contributed by atoms with Crippen LogP contribution in [-0.4, -0.2) is 26.3 Å². The van der Waals surface area contributed by atoms with Crippen LogP contribution in [0.2, 0.25) is 0 Å². The minimum atomic E-state index is -0.162. The Morgan fingerprint density at radius 2 is 2.00 bits per heavy atom. The molecule has 3 rings (SSSR count). The van der Waals surface area contributed by atoms with E-state index in [1.807, 2.05) is 32.0 Å². The van der Waals surface area contributed by atoms with Crippen molar-refractivity contribution in [1.82, 2.24) is 25.7 Å². The number of aromatic amines is 1. The molecule has 1 atom stereocenters. The molecule has 21 heavy (non-hydrogen) atoms. The Labute approximate surface area is 121 Å². The third kappa shape index (κ3) is 2.74. The highest BCUT2D eigenvalue weighted by Gasteiger charge is 2.13. The number of nitrogens with zero attached hydrogens (tertiary/aromatic N) is 3. The van der Waals surface area contributed by atoms with Gasteiger partial charge in [-0.25, -0.2) is 0 Å². The number of amides is 1. The summed E-state index contributed by atoms with van der Waals surface area (Å²) < 4.78 is 0. The number of hydrogen-bond acceptors (Lipinski definition) is 4. The summed E-state index contributed by atoms with van der Waals surface area (Å²) in [6, 6.07) is 10.8. The lowest BCUT2D eigenvalue weighted by atomic mass is 10.1. The molecule has 0 saturated heterocycles. The first-order chi connectivity index (χ1) is 10.1. The molecule has 3 aromatic rings. The predicted octanol–water partition coefficient (Wildman–Crippen LogP) is 2.15. The molecule has 0 bridgehead atoms. The summed E-state index contributed by atoms with van der Waals surface area (Å²) in [7, 11) is 0. The lowest BCUT2D eigenvalue weighted by molar-refractivity contribution is 0.0939. The number of pyridine rings is 1. The summed E-state index contributed by atoms with van der Waals surface area (Å²) >= 11 is 0. The van der Waals surface area contributed by atoms with Crippen molar-refractivity contribution in [2.75, 3.05) is 0 Å². The van der Waals surface area contributed by atoms with Gasteiger partial charge in [0.1, 0.15) is 11.0 Å². The van der Waals surface area contributed by atoms with Crippen LogP contribution in [0.3, 0.4) is 0 Å². The highest BCUT2D eigenvalue weighted by atomic mass is 16.1. The van der Waals surface area contributed by atoms with Crippen LogP contribution >= 0.6 is 0 Å². The van der Waals surface area contributed by atoms with Gasteiger partial charge in [-0.15, -0.1) is 0 Å². The third-order valence-corrected chi connectivity index (χ3v) is 3.28. The molecule has 1 amide bonds. The van der Waals surface area contributed by atoms with Gasteiger partial charge in [0.05, 0.1) is 11.7 Å². The highest BCUT2D eigenvalue weighted by Crippen LogP contribution is 2.14. The van der Waals surface area contributed by atoms with Gasteiger partial charge in [0.25, 0.3) is 5.91 Å². The van der Waals surface area contributed by atoms with Crippen molar-refractivity contribution >= 4 is 16.9 Å². The van der Waals surface area contributed by atoms with Gasteiger partial charge in [-0.1, -0.05) is 6.07 Å². The first-order valence-electron chi connectivity index (χ1n) is 6.68. The number of fused-ring (bicyclic) bond motifs is 1. The van der Waals surface area contributed by atoms with E-state index in [-0.39, 0.29) is 11.9 Å². The van der Waals surface area contributed by atoms with Crippen LogP contribution in [-0.2, 0) is 0 Å². The van der Waals surface area contributed by atoms with Crippen LogP contribution in [0.4, 0.5) is 0 Å². The molecule has 2 N–H and O–H groups in total. The van der Waals surface area contributed by atoms with Crippen LogP contribution in [0.25, 0.3) is 11.0 Å². The van der Waals surface area contributed by atoms with E-state index in [0.29, 0.717) is 11.1 Å². The summed E-state index contributed by atoms with van der Waals surface area (Å²) in [6.07, 6.45) is 0. The largest absolute Gasteiger partial charge is 0.344 e. The average molecular weight is 281 g/mol. The van der Waals surface area contributed by atoms with Gasteiger partial charge < -0.3 is 5.32 Å². The van der Waals surface area contributed by atoms with Gasteiger partial charge in [-0.05, 0) is 44.2 Å². The summed E-state index contributed by atoms with van der Waals surface area (Å²) in [4.78, 5) is 16.7. The lowest BCUT2D eigenvalue weighted by Gasteiger charge is -2.13. The molecule has 0 aliphatic heterocycles. The maximum atomic E-state index is 12.3. The van der Waals surface area contributed by atoms with Crippen molar-refractivity contribution in [2.45, 2.75) is 19.9 Å². The molecule has 6 nitrogen and oxygen atoms in total. The Kier molecular flexibility index (Phi) is 3.35. The second-order valence-electron chi connectivity index (χ2n) is 4.93. The zero-order valence-electron chi connectivity index (χ0n) is 11.8.